The number of nitrogens with zero attached hydrogens (tertiary/aromatic N) is 2. The van der Waals surface area contributed by atoms with E-state index in [1.165, 1.54) is 23.7 Å². The molecular formula is C24H24N2O3S. The third-order valence-electron chi connectivity index (χ3n) is 5.73. The molecule has 6 heteroatoms. The lowest BCUT2D eigenvalue weighted by Gasteiger charge is -2.30. The Labute approximate surface area is 180 Å². The second-order valence-electron chi connectivity index (χ2n) is 7.92. The summed E-state index contributed by atoms with van der Waals surface area (Å²) in [6.45, 7) is 2.30. The number of thioether (sulfide) groups is 1. The van der Waals surface area contributed by atoms with Gasteiger partial charge in [0.2, 0.25) is 6.79 Å². The zero-order chi connectivity index (χ0) is 20.5. The Balaban J connectivity index is 1.49. The van der Waals surface area contributed by atoms with E-state index in [1.54, 1.807) is 0 Å². The number of hydrogen-bond donors (Lipinski definition) is 0. The highest BCUT2D eigenvalue weighted by atomic mass is 32.2. The van der Waals surface area contributed by atoms with Crippen LogP contribution in [-0.4, -0.2) is 28.8 Å². The summed E-state index contributed by atoms with van der Waals surface area (Å²) in [6, 6.07) is 14.1. The van der Waals surface area contributed by atoms with Gasteiger partial charge < -0.3 is 9.47 Å². The minimum absolute atomic E-state index is 0.0513. The fourth-order valence-corrected chi connectivity index (χ4v) is 5.17. The lowest BCUT2D eigenvalue weighted by atomic mass is 9.94. The van der Waals surface area contributed by atoms with Crippen molar-refractivity contribution in [3.8, 4) is 11.5 Å². The Morgan fingerprint density at radius 3 is 2.60 bits per heavy atom. The summed E-state index contributed by atoms with van der Waals surface area (Å²) in [5, 5.41) is 0.780. The minimum Gasteiger partial charge on any atom is -0.454 e. The monoisotopic (exact) mass is 420 g/mol. The molecule has 1 saturated carbocycles. The molecule has 0 N–H and O–H groups in total. The van der Waals surface area contributed by atoms with Crippen LogP contribution in [0.3, 0.4) is 0 Å². The molecular weight excluding hydrogens is 396 g/mol. The van der Waals surface area contributed by atoms with Crippen LogP contribution in [0.2, 0.25) is 0 Å². The summed E-state index contributed by atoms with van der Waals surface area (Å²) in [6.07, 6.45) is 7.59. The molecule has 0 atom stereocenters. The first-order valence-electron chi connectivity index (χ1n) is 10.5. The molecule has 2 heterocycles. The SMILES string of the molecule is Cc1ccc(N=C2SC(=Cc3ccc4c(c3)OCO4)C(=O)N2C2CCCCC2)cc1. The first-order valence-corrected chi connectivity index (χ1v) is 11.3. The number of rotatable bonds is 3. The van der Waals surface area contributed by atoms with Gasteiger partial charge in [0, 0.05) is 6.04 Å². The van der Waals surface area contributed by atoms with Crippen molar-refractivity contribution in [1.82, 2.24) is 4.90 Å². The molecule has 3 aliphatic rings. The third-order valence-corrected chi connectivity index (χ3v) is 6.71. The maximum atomic E-state index is 13.4. The Morgan fingerprint density at radius 2 is 1.80 bits per heavy atom. The molecule has 0 bridgehead atoms. The van der Waals surface area contributed by atoms with Gasteiger partial charge in [0.1, 0.15) is 0 Å². The number of carbonyl (C=O) groups is 1. The van der Waals surface area contributed by atoms with Crippen molar-refractivity contribution in [1.29, 1.82) is 0 Å². The molecule has 30 heavy (non-hydrogen) atoms. The third kappa shape index (κ3) is 3.84. The number of amides is 1. The van der Waals surface area contributed by atoms with Crippen LogP contribution in [0.5, 0.6) is 11.5 Å². The molecule has 5 rings (SSSR count). The number of hydrogen-bond acceptors (Lipinski definition) is 5. The molecule has 1 amide bonds. The molecule has 2 aliphatic heterocycles. The highest BCUT2D eigenvalue weighted by Crippen LogP contribution is 2.39. The van der Waals surface area contributed by atoms with E-state index in [0.717, 1.165) is 53.6 Å². The molecule has 1 aliphatic carbocycles. The van der Waals surface area contributed by atoms with Gasteiger partial charge in [0.15, 0.2) is 16.7 Å². The summed E-state index contributed by atoms with van der Waals surface area (Å²) >= 11 is 1.46. The predicted octanol–water partition coefficient (Wildman–Crippen LogP) is 5.66. The lowest BCUT2D eigenvalue weighted by molar-refractivity contribution is -0.124. The van der Waals surface area contributed by atoms with E-state index in [4.69, 9.17) is 14.5 Å². The number of amidine groups is 1. The van der Waals surface area contributed by atoms with E-state index in [0.29, 0.717) is 4.91 Å². The molecule has 0 aromatic heterocycles. The Hall–Kier alpha value is -2.73. The first-order chi connectivity index (χ1) is 14.7. The van der Waals surface area contributed by atoms with Gasteiger partial charge in [-0.25, -0.2) is 4.99 Å². The van der Waals surface area contributed by atoms with Gasteiger partial charge >= 0.3 is 0 Å². The van der Waals surface area contributed by atoms with Crippen molar-refractivity contribution in [2.75, 3.05) is 6.79 Å². The van der Waals surface area contributed by atoms with Crippen LogP contribution < -0.4 is 9.47 Å². The van der Waals surface area contributed by atoms with Crippen LogP contribution in [0.4, 0.5) is 5.69 Å². The van der Waals surface area contributed by atoms with E-state index in [-0.39, 0.29) is 18.7 Å². The number of aliphatic imine (C=N–C) groups is 1. The van der Waals surface area contributed by atoms with E-state index in [9.17, 15) is 4.79 Å². The van der Waals surface area contributed by atoms with Crippen LogP contribution in [0.1, 0.15) is 43.2 Å². The molecule has 154 valence electrons. The van der Waals surface area contributed by atoms with Crippen molar-refractivity contribution >= 4 is 34.6 Å². The topological polar surface area (TPSA) is 51.1 Å². The standard InChI is InChI=1S/C24H24N2O3S/c1-16-7-10-18(11-8-16)25-24-26(19-5-3-2-4-6-19)23(27)22(30-24)14-17-9-12-20-21(13-17)29-15-28-20/h7-14,19H,2-6,15H2,1H3. The van der Waals surface area contributed by atoms with Gasteiger partial charge in [-0.2, -0.15) is 0 Å². The molecule has 2 aromatic carbocycles. The highest BCUT2D eigenvalue weighted by Gasteiger charge is 2.38. The van der Waals surface area contributed by atoms with Gasteiger partial charge in [0.25, 0.3) is 5.91 Å². The van der Waals surface area contributed by atoms with Gasteiger partial charge in [-0.15, -0.1) is 0 Å². The quantitative estimate of drug-likeness (QED) is 0.601. The maximum Gasteiger partial charge on any atom is 0.267 e. The number of aryl methyl sites for hydroxylation is 1. The van der Waals surface area contributed by atoms with Gasteiger partial charge in [-0.3, -0.25) is 9.69 Å². The van der Waals surface area contributed by atoms with Crippen molar-refractivity contribution in [3.63, 3.8) is 0 Å². The summed E-state index contributed by atoms with van der Waals surface area (Å²) in [5.41, 5.74) is 3.00. The van der Waals surface area contributed by atoms with E-state index in [2.05, 4.69) is 19.1 Å². The van der Waals surface area contributed by atoms with Gasteiger partial charge in [0.05, 0.1) is 10.6 Å². The summed E-state index contributed by atoms with van der Waals surface area (Å²) in [7, 11) is 0. The average Bonchev–Trinajstić information content (AvgIpc) is 3.34. The number of benzene rings is 2. The fourth-order valence-electron chi connectivity index (χ4n) is 4.11. The normalized spacial score (nSPS) is 21.8. The number of carbonyl (C=O) groups excluding carboxylic acids is 1. The Kier molecular flexibility index (Phi) is 5.25. The van der Waals surface area contributed by atoms with Crippen LogP contribution in [0, 0.1) is 6.92 Å². The zero-order valence-electron chi connectivity index (χ0n) is 17.0. The average molecular weight is 421 g/mol. The molecule has 5 nitrogen and oxygen atoms in total. The number of fused-ring (bicyclic) bond motifs is 1. The molecule has 0 spiro atoms. The second-order valence-corrected chi connectivity index (χ2v) is 8.93. The van der Waals surface area contributed by atoms with E-state index < -0.39 is 0 Å². The Morgan fingerprint density at radius 1 is 1.03 bits per heavy atom. The molecule has 2 fully saturated rings. The van der Waals surface area contributed by atoms with Crippen molar-refractivity contribution in [2.24, 2.45) is 4.99 Å². The van der Waals surface area contributed by atoms with E-state index >= 15 is 0 Å². The van der Waals surface area contributed by atoms with Crippen molar-refractivity contribution in [2.45, 2.75) is 45.1 Å². The van der Waals surface area contributed by atoms with Crippen molar-refractivity contribution < 1.29 is 14.3 Å². The maximum absolute atomic E-state index is 13.4. The van der Waals surface area contributed by atoms with Crippen LogP contribution in [0.25, 0.3) is 6.08 Å². The molecule has 0 radical (unpaired) electrons. The smallest absolute Gasteiger partial charge is 0.267 e. The van der Waals surface area contributed by atoms with E-state index in [1.807, 2.05) is 41.3 Å². The molecule has 0 unspecified atom stereocenters. The van der Waals surface area contributed by atoms with Gasteiger partial charge in [-0.1, -0.05) is 43.0 Å². The van der Waals surface area contributed by atoms with Crippen molar-refractivity contribution in [3.05, 3.63) is 58.5 Å². The largest absolute Gasteiger partial charge is 0.454 e. The number of ether oxygens (including phenoxy) is 2. The predicted molar refractivity (Wildman–Crippen MR) is 120 cm³/mol. The molecule has 1 saturated heterocycles. The molecule has 2 aromatic rings. The second kappa shape index (κ2) is 8.19. The van der Waals surface area contributed by atoms with Gasteiger partial charge in [-0.05, 0) is 67.4 Å². The van der Waals surface area contributed by atoms with Crippen LogP contribution in [0.15, 0.2) is 52.4 Å². The van der Waals surface area contributed by atoms with Crippen LogP contribution >= 0.6 is 11.8 Å². The Bertz CT molecular complexity index is 1020. The summed E-state index contributed by atoms with van der Waals surface area (Å²) in [5.74, 6) is 1.51. The van der Waals surface area contributed by atoms with Crippen LogP contribution in [-0.2, 0) is 4.79 Å². The highest BCUT2D eigenvalue weighted by molar-refractivity contribution is 8.18. The first kappa shape index (κ1) is 19.2. The lowest BCUT2D eigenvalue weighted by Crippen LogP contribution is -2.40. The summed E-state index contributed by atoms with van der Waals surface area (Å²) in [4.78, 5) is 20.9. The zero-order valence-corrected chi connectivity index (χ0v) is 17.8. The fraction of sp³-hybridized carbons (Fsp3) is 0.333. The minimum atomic E-state index is 0.0513. The summed E-state index contributed by atoms with van der Waals surface area (Å²) < 4.78 is 10.9.